The zero-order valence-electron chi connectivity index (χ0n) is 8.37. The largest absolute Gasteiger partial charge is 0.321 e. The summed E-state index contributed by atoms with van der Waals surface area (Å²) in [6.45, 7) is 0. The molecule has 82 valence electrons. The summed E-state index contributed by atoms with van der Waals surface area (Å²) < 4.78 is 1.99. The molecule has 0 saturated heterocycles. The van der Waals surface area contributed by atoms with E-state index in [1.54, 1.807) is 11.3 Å². The number of nitrogens with one attached hydrogen (secondary N) is 1. The molecule has 0 bridgehead atoms. The third kappa shape index (κ3) is 1.59. The summed E-state index contributed by atoms with van der Waals surface area (Å²) >= 11 is 1.61. The van der Waals surface area contributed by atoms with E-state index in [1.807, 2.05) is 22.2 Å². The zero-order chi connectivity index (χ0) is 11.0. The van der Waals surface area contributed by atoms with Crippen LogP contribution in [0.25, 0.3) is 4.96 Å². The van der Waals surface area contributed by atoms with Gasteiger partial charge in [0, 0.05) is 24.2 Å². The van der Waals surface area contributed by atoms with Crippen molar-refractivity contribution in [2.45, 2.75) is 12.5 Å². The summed E-state index contributed by atoms with van der Waals surface area (Å²) in [5.74, 6) is 0.691. The van der Waals surface area contributed by atoms with Crippen LogP contribution < -0.4 is 5.73 Å². The molecule has 3 N–H and O–H groups in total. The van der Waals surface area contributed by atoms with Crippen molar-refractivity contribution in [3.05, 3.63) is 35.6 Å². The molecular formula is C9H10N6S. The molecule has 1 atom stereocenters. The Bertz CT molecular complexity index is 551. The van der Waals surface area contributed by atoms with E-state index in [9.17, 15) is 0 Å². The second-order valence-corrected chi connectivity index (χ2v) is 4.38. The number of aromatic nitrogens is 5. The smallest absolute Gasteiger partial charge is 0.193 e. The lowest BCUT2D eigenvalue weighted by Crippen LogP contribution is -2.15. The molecular weight excluding hydrogens is 224 g/mol. The Morgan fingerprint density at radius 1 is 1.56 bits per heavy atom. The Kier molecular flexibility index (Phi) is 2.19. The van der Waals surface area contributed by atoms with Gasteiger partial charge in [0.05, 0.1) is 11.7 Å². The monoisotopic (exact) mass is 234 g/mol. The van der Waals surface area contributed by atoms with E-state index < -0.39 is 0 Å². The molecule has 0 spiro atoms. The predicted molar refractivity (Wildman–Crippen MR) is 60.1 cm³/mol. The second-order valence-electron chi connectivity index (χ2n) is 3.51. The Morgan fingerprint density at radius 2 is 2.50 bits per heavy atom. The van der Waals surface area contributed by atoms with Gasteiger partial charge in [-0.15, -0.1) is 11.3 Å². The molecule has 0 fully saturated rings. The highest BCUT2D eigenvalue weighted by molar-refractivity contribution is 7.15. The van der Waals surface area contributed by atoms with Crippen LogP contribution in [0.2, 0.25) is 0 Å². The van der Waals surface area contributed by atoms with E-state index >= 15 is 0 Å². The summed E-state index contributed by atoms with van der Waals surface area (Å²) in [5.41, 5.74) is 6.95. The molecule has 0 radical (unpaired) electrons. The fraction of sp³-hybridized carbons (Fsp3) is 0.222. The van der Waals surface area contributed by atoms with E-state index in [1.165, 1.54) is 6.33 Å². The Labute approximate surface area is 95.2 Å². The minimum absolute atomic E-state index is 0.188. The van der Waals surface area contributed by atoms with Crippen LogP contribution in [-0.4, -0.2) is 24.6 Å². The van der Waals surface area contributed by atoms with Crippen molar-refractivity contribution in [2.24, 2.45) is 5.73 Å². The Balaban J connectivity index is 1.82. The van der Waals surface area contributed by atoms with Crippen molar-refractivity contribution in [1.29, 1.82) is 0 Å². The first-order valence-electron chi connectivity index (χ1n) is 4.85. The van der Waals surface area contributed by atoms with Gasteiger partial charge < -0.3 is 5.73 Å². The zero-order valence-corrected chi connectivity index (χ0v) is 9.18. The molecule has 0 amide bonds. The van der Waals surface area contributed by atoms with Crippen molar-refractivity contribution < 1.29 is 0 Å². The van der Waals surface area contributed by atoms with E-state index in [4.69, 9.17) is 5.73 Å². The van der Waals surface area contributed by atoms with Gasteiger partial charge in [0.15, 0.2) is 4.96 Å². The van der Waals surface area contributed by atoms with Crippen molar-refractivity contribution in [3.63, 3.8) is 0 Å². The van der Waals surface area contributed by atoms with E-state index in [0.717, 1.165) is 10.7 Å². The number of nitrogens with two attached hydrogens (primary N) is 1. The maximum atomic E-state index is 5.98. The summed E-state index contributed by atoms with van der Waals surface area (Å²) in [4.78, 5) is 9.48. The van der Waals surface area contributed by atoms with E-state index in [0.29, 0.717) is 12.2 Å². The lowest BCUT2D eigenvalue weighted by molar-refractivity contribution is 0.662. The molecule has 3 aromatic heterocycles. The average Bonchev–Trinajstić information content (AvgIpc) is 2.91. The number of aromatic amines is 1. The van der Waals surface area contributed by atoms with Crippen LogP contribution in [0.4, 0.5) is 0 Å². The number of nitrogens with zero attached hydrogens (tertiary/aromatic N) is 4. The van der Waals surface area contributed by atoms with Crippen molar-refractivity contribution >= 4 is 16.3 Å². The summed E-state index contributed by atoms with van der Waals surface area (Å²) in [7, 11) is 0. The molecule has 0 aliphatic rings. The average molecular weight is 234 g/mol. The molecule has 0 aliphatic carbocycles. The molecule has 0 aliphatic heterocycles. The van der Waals surface area contributed by atoms with Crippen LogP contribution in [0.3, 0.4) is 0 Å². The predicted octanol–water partition coefficient (Wildman–Crippen LogP) is 0.756. The van der Waals surface area contributed by atoms with Crippen LogP contribution in [0, 0.1) is 0 Å². The molecule has 3 aromatic rings. The molecule has 7 heteroatoms. The fourth-order valence-electron chi connectivity index (χ4n) is 1.59. The van der Waals surface area contributed by atoms with E-state index in [2.05, 4.69) is 20.2 Å². The number of thiazole rings is 1. The van der Waals surface area contributed by atoms with Gasteiger partial charge in [0.25, 0.3) is 0 Å². The highest BCUT2D eigenvalue weighted by Crippen LogP contribution is 2.15. The Morgan fingerprint density at radius 3 is 3.25 bits per heavy atom. The van der Waals surface area contributed by atoms with Crippen LogP contribution in [0.5, 0.6) is 0 Å². The number of hydrogen-bond acceptors (Lipinski definition) is 5. The van der Waals surface area contributed by atoms with Gasteiger partial charge in [0.1, 0.15) is 12.2 Å². The van der Waals surface area contributed by atoms with Crippen LogP contribution >= 0.6 is 11.3 Å². The number of H-pyrrole nitrogens is 1. The maximum absolute atomic E-state index is 5.98. The molecule has 3 rings (SSSR count). The first-order valence-corrected chi connectivity index (χ1v) is 5.73. The quantitative estimate of drug-likeness (QED) is 0.700. The van der Waals surface area contributed by atoms with Gasteiger partial charge in [-0.2, -0.15) is 5.10 Å². The number of hydrogen-bond donors (Lipinski definition) is 2. The normalized spacial score (nSPS) is 13.3. The number of imidazole rings is 1. The molecule has 16 heavy (non-hydrogen) atoms. The van der Waals surface area contributed by atoms with Gasteiger partial charge in [-0.05, 0) is 0 Å². The maximum Gasteiger partial charge on any atom is 0.193 e. The minimum atomic E-state index is -0.188. The number of fused-ring (bicyclic) bond motifs is 1. The standard InChI is InChI=1S/C9H10N6S/c10-7(8-11-5-12-14-8)3-6-4-15-1-2-16-9(15)13-6/h1-2,4-5,7H,3,10H2,(H,11,12,14). The van der Waals surface area contributed by atoms with Crippen LogP contribution in [0.15, 0.2) is 24.1 Å². The van der Waals surface area contributed by atoms with Crippen molar-refractivity contribution in [2.75, 3.05) is 0 Å². The Hall–Kier alpha value is -1.73. The molecule has 3 heterocycles. The van der Waals surface area contributed by atoms with Crippen LogP contribution in [0.1, 0.15) is 17.6 Å². The molecule has 0 saturated carbocycles. The van der Waals surface area contributed by atoms with Gasteiger partial charge in [-0.3, -0.25) is 9.50 Å². The van der Waals surface area contributed by atoms with Gasteiger partial charge >= 0.3 is 0 Å². The topological polar surface area (TPSA) is 84.9 Å². The summed E-state index contributed by atoms with van der Waals surface area (Å²) in [6.07, 6.45) is 6.09. The van der Waals surface area contributed by atoms with Crippen molar-refractivity contribution in [3.8, 4) is 0 Å². The molecule has 1 unspecified atom stereocenters. The molecule has 0 aromatic carbocycles. The first kappa shape index (κ1) is 9.49. The second kappa shape index (κ2) is 3.69. The fourth-order valence-corrected chi connectivity index (χ4v) is 2.31. The van der Waals surface area contributed by atoms with Gasteiger partial charge in [-0.25, -0.2) is 9.97 Å². The lowest BCUT2D eigenvalue weighted by Gasteiger charge is -2.04. The van der Waals surface area contributed by atoms with E-state index in [-0.39, 0.29) is 6.04 Å². The SMILES string of the molecule is NC(Cc1cn2ccsc2n1)c1ncn[nH]1. The minimum Gasteiger partial charge on any atom is -0.321 e. The highest BCUT2D eigenvalue weighted by atomic mass is 32.1. The third-order valence-electron chi connectivity index (χ3n) is 2.36. The van der Waals surface area contributed by atoms with Gasteiger partial charge in [0.2, 0.25) is 0 Å². The summed E-state index contributed by atoms with van der Waals surface area (Å²) in [5, 5.41) is 8.55. The lowest BCUT2D eigenvalue weighted by atomic mass is 10.2. The molecule has 6 nitrogen and oxygen atoms in total. The third-order valence-corrected chi connectivity index (χ3v) is 3.13. The van der Waals surface area contributed by atoms with Gasteiger partial charge in [-0.1, -0.05) is 0 Å². The van der Waals surface area contributed by atoms with Crippen LogP contribution in [-0.2, 0) is 6.42 Å². The van der Waals surface area contributed by atoms with Crippen molar-refractivity contribution in [1.82, 2.24) is 24.6 Å². The highest BCUT2D eigenvalue weighted by Gasteiger charge is 2.12. The number of rotatable bonds is 3. The summed E-state index contributed by atoms with van der Waals surface area (Å²) in [6, 6.07) is -0.188. The first-order chi connectivity index (χ1) is 7.83.